The first-order valence-corrected chi connectivity index (χ1v) is 8.87. The summed E-state index contributed by atoms with van der Waals surface area (Å²) < 4.78 is 25.1. The number of carboxylic acid groups (broad SMARTS) is 1. The molecular formula is C13H24N2O5S. The number of carbonyl (C=O) groups excluding carboxylic acids is 1. The number of hydrogen-bond acceptors (Lipinski definition) is 4. The van der Waals surface area contributed by atoms with Crippen LogP contribution in [0.4, 0.5) is 0 Å². The van der Waals surface area contributed by atoms with Gasteiger partial charge in [0.05, 0.1) is 11.7 Å². The van der Waals surface area contributed by atoms with Crippen LogP contribution in [0.15, 0.2) is 0 Å². The molecular weight excluding hydrogens is 296 g/mol. The lowest BCUT2D eigenvalue weighted by atomic mass is 9.98. The first-order chi connectivity index (χ1) is 9.76. The normalized spacial score (nSPS) is 21.7. The van der Waals surface area contributed by atoms with Crippen molar-refractivity contribution in [2.45, 2.75) is 45.6 Å². The minimum atomic E-state index is -3.26. The third-order valence-corrected chi connectivity index (χ3v) is 5.54. The molecule has 1 rings (SSSR count). The lowest BCUT2D eigenvalue weighted by Gasteiger charge is -2.31. The molecule has 21 heavy (non-hydrogen) atoms. The van der Waals surface area contributed by atoms with E-state index in [4.69, 9.17) is 5.11 Å². The van der Waals surface area contributed by atoms with Crippen LogP contribution >= 0.6 is 0 Å². The highest BCUT2D eigenvalue weighted by atomic mass is 32.2. The molecule has 2 unspecified atom stereocenters. The molecule has 1 fully saturated rings. The number of carboxylic acids is 1. The van der Waals surface area contributed by atoms with Crippen LogP contribution in [0.1, 0.15) is 39.5 Å². The smallest absolute Gasteiger partial charge is 0.303 e. The molecule has 0 radical (unpaired) electrons. The van der Waals surface area contributed by atoms with Gasteiger partial charge in [-0.25, -0.2) is 12.7 Å². The first-order valence-electron chi connectivity index (χ1n) is 7.26. The summed E-state index contributed by atoms with van der Waals surface area (Å²) in [6.07, 6.45) is 1.70. The summed E-state index contributed by atoms with van der Waals surface area (Å²) in [5.41, 5.74) is 0. The van der Waals surface area contributed by atoms with E-state index in [1.807, 2.05) is 0 Å². The van der Waals surface area contributed by atoms with Crippen LogP contribution in [0.25, 0.3) is 0 Å². The molecule has 7 nitrogen and oxygen atoms in total. The van der Waals surface area contributed by atoms with Crippen molar-refractivity contribution in [3.8, 4) is 0 Å². The number of piperidine rings is 1. The van der Waals surface area contributed by atoms with E-state index >= 15 is 0 Å². The zero-order chi connectivity index (χ0) is 16.0. The Morgan fingerprint density at radius 2 is 2.10 bits per heavy atom. The van der Waals surface area contributed by atoms with Gasteiger partial charge in [0.1, 0.15) is 0 Å². The maximum absolute atomic E-state index is 12.1. The van der Waals surface area contributed by atoms with E-state index in [-0.39, 0.29) is 36.6 Å². The van der Waals surface area contributed by atoms with Crippen molar-refractivity contribution in [2.75, 3.05) is 18.8 Å². The second kappa shape index (κ2) is 7.74. The number of nitrogens with zero attached hydrogens (tertiary/aromatic N) is 1. The van der Waals surface area contributed by atoms with Gasteiger partial charge < -0.3 is 10.4 Å². The fourth-order valence-corrected chi connectivity index (χ4v) is 3.54. The van der Waals surface area contributed by atoms with Crippen LogP contribution in [0, 0.1) is 5.92 Å². The molecule has 0 spiro atoms. The van der Waals surface area contributed by atoms with Crippen molar-refractivity contribution in [1.82, 2.24) is 9.62 Å². The van der Waals surface area contributed by atoms with Gasteiger partial charge in [-0.1, -0.05) is 0 Å². The van der Waals surface area contributed by atoms with Crippen LogP contribution in [0.2, 0.25) is 0 Å². The Kier molecular flexibility index (Phi) is 6.60. The molecule has 122 valence electrons. The highest BCUT2D eigenvalue weighted by molar-refractivity contribution is 7.89. The average molecular weight is 320 g/mol. The minimum absolute atomic E-state index is 0.00243. The zero-order valence-corrected chi connectivity index (χ0v) is 13.4. The van der Waals surface area contributed by atoms with Crippen molar-refractivity contribution in [3.05, 3.63) is 0 Å². The minimum Gasteiger partial charge on any atom is -0.481 e. The maximum Gasteiger partial charge on any atom is 0.303 e. The molecule has 0 saturated carbocycles. The summed E-state index contributed by atoms with van der Waals surface area (Å²) in [6, 6.07) is -0.230. The van der Waals surface area contributed by atoms with E-state index in [9.17, 15) is 18.0 Å². The van der Waals surface area contributed by atoms with E-state index in [1.165, 1.54) is 4.31 Å². The molecule has 0 aromatic carbocycles. The quantitative estimate of drug-likeness (QED) is 0.707. The Hall–Kier alpha value is -1.15. The van der Waals surface area contributed by atoms with Gasteiger partial charge in [-0.2, -0.15) is 0 Å². The van der Waals surface area contributed by atoms with E-state index in [0.29, 0.717) is 25.8 Å². The molecule has 0 aliphatic carbocycles. The summed E-state index contributed by atoms with van der Waals surface area (Å²) in [5.74, 6) is -1.40. The van der Waals surface area contributed by atoms with Crippen molar-refractivity contribution >= 4 is 21.9 Å². The number of aliphatic carboxylic acids is 1. The first kappa shape index (κ1) is 17.9. The standard InChI is InChI=1S/C13H24N2O5S/c1-3-21(19,20)15-8-4-5-11(9-15)13(18)14-10(2)6-7-12(16)17/h10-11H,3-9H2,1-2H3,(H,14,18)(H,16,17). The van der Waals surface area contributed by atoms with Gasteiger partial charge in [0.2, 0.25) is 15.9 Å². The van der Waals surface area contributed by atoms with Crippen LogP contribution < -0.4 is 5.32 Å². The van der Waals surface area contributed by atoms with Crippen molar-refractivity contribution < 1.29 is 23.1 Å². The van der Waals surface area contributed by atoms with Gasteiger partial charge in [-0.05, 0) is 33.1 Å². The predicted molar refractivity (Wildman–Crippen MR) is 78.2 cm³/mol. The molecule has 1 aliphatic rings. The van der Waals surface area contributed by atoms with Crippen LogP contribution in [-0.2, 0) is 19.6 Å². The fraction of sp³-hybridized carbons (Fsp3) is 0.846. The largest absolute Gasteiger partial charge is 0.481 e. The van der Waals surface area contributed by atoms with Crippen LogP contribution in [0.3, 0.4) is 0 Å². The second-order valence-corrected chi connectivity index (χ2v) is 7.70. The molecule has 0 aromatic heterocycles. The Bertz CT molecular complexity index is 477. The zero-order valence-electron chi connectivity index (χ0n) is 12.5. The molecule has 1 aliphatic heterocycles. The summed E-state index contributed by atoms with van der Waals surface area (Å²) in [5, 5.41) is 11.4. The molecule has 1 saturated heterocycles. The van der Waals surface area contributed by atoms with Crippen molar-refractivity contribution in [2.24, 2.45) is 5.92 Å². The number of hydrogen-bond donors (Lipinski definition) is 2. The number of nitrogens with one attached hydrogen (secondary N) is 1. The Balaban J connectivity index is 2.52. The number of rotatable bonds is 7. The monoisotopic (exact) mass is 320 g/mol. The van der Waals surface area contributed by atoms with Gasteiger partial charge in [0, 0.05) is 25.6 Å². The third kappa shape index (κ3) is 5.62. The molecule has 0 aromatic rings. The Morgan fingerprint density at radius 1 is 1.43 bits per heavy atom. The van der Waals surface area contributed by atoms with Gasteiger partial charge in [0.15, 0.2) is 0 Å². The SMILES string of the molecule is CCS(=O)(=O)N1CCCC(C(=O)NC(C)CCC(=O)O)C1. The molecule has 0 bridgehead atoms. The molecule has 2 atom stereocenters. The van der Waals surface area contributed by atoms with E-state index in [1.54, 1.807) is 13.8 Å². The second-order valence-electron chi connectivity index (χ2n) is 5.44. The molecule has 1 heterocycles. The third-order valence-electron chi connectivity index (χ3n) is 3.69. The van der Waals surface area contributed by atoms with Crippen molar-refractivity contribution in [3.63, 3.8) is 0 Å². The summed E-state index contributed by atoms with van der Waals surface area (Å²) in [4.78, 5) is 22.6. The van der Waals surface area contributed by atoms with Crippen molar-refractivity contribution in [1.29, 1.82) is 0 Å². The maximum atomic E-state index is 12.1. The predicted octanol–water partition coefficient (Wildman–Crippen LogP) is 0.418. The molecule has 1 amide bonds. The molecule has 8 heteroatoms. The Morgan fingerprint density at radius 3 is 2.67 bits per heavy atom. The van der Waals surface area contributed by atoms with Crippen LogP contribution in [-0.4, -0.2) is 54.6 Å². The number of sulfonamides is 1. The lowest BCUT2D eigenvalue weighted by Crippen LogP contribution is -2.47. The van der Waals surface area contributed by atoms with E-state index in [2.05, 4.69) is 5.32 Å². The summed E-state index contributed by atoms with van der Waals surface area (Å²) >= 11 is 0. The van der Waals surface area contributed by atoms with Gasteiger partial charge in [-0.15, -0.1) is 0 Å². The fourth-order valence-electron chi connectivity index (χ4n) is 2.36. The average Bonchev–Trinajstić information content (AvgIpc) is 2.45. The summed E-state index contributed by atoms with van der Waals surface area (Å²) in [7, 11) is -3.26. The van der Waals surface area contributed by atoms with E-state index in [0.717, 1.165) is 0 Å². The van der Waals surface area contributed by atoms with Gasteiger partial charge in [0.25, 0.3) is 0 Å². The van der Waals surface area contributed by atoms with Gasteiger partial charge >= 0.3 is 5.97 Å². The lowest BCUT2D eigenvalue weighted by molar-refractivity contribution is -0.137. The van der Waals surface area contributed by atoms with E-state index < -0.39 is 16.0 Å². The van der Waals surface area contributed by atoms with Gasteiger partial charge in [-0.3, -0.25) is 9.59 Å². The highest BCUT2D eigenvalue weighted by Crippen LogP contribution is 2.20. The van der Waals surface area contributed by atoms with Crippen LogP contribution in [0.5, 0.6) is 0 Å². The number of amides is 1. The topological polar surface area (TPSA) is 104 Å². The molecule has 2 N–H and O–H groups in total. The highest BCUT2D eigenvalue weighted by Gasteiger charge is 2.31. The Labute approximate surface area is 125 Å². The summed E-state index contributed by atoms with van der Waals surface area (Å²) in [6.45, 7) is 4.03. The number of carbonyl (C=O) groups is 2.